The fourth-order valence-corrected chi connectivity index (χ4v) is 11.8. The number of ketones is 1. The van der Waals surface area contributed by atoms with E-state index in [-0.39, 0.29) is 29.7 Å². The quantitative estimate of drug-likeness (QED) is 0.0734. The van der Waals surface area contributed by atoms with Crippen molar-refractivity contribution in [1.82, 2.24) is 5.32 Å². The number of ether oxygens (including phenoxy) is 4. The van der Waals surface area contributed by atoms with E-state index in [0.717, 1.165) is 0 Å². The van der Waals surface area contributed by atoms with Gasteiger partial charge in [0.25, 0.3) is 5.91 Å². The molecule has 0 spiro atoms. The minimum atomic E-state index is -2.89. The van der Waals surface area contributed by atoms with Gasteiger partial charge in [0.05, 0.1) is 35.6 Å². The van der Waals surface area contributed by atoms with Crippen molar-refractivity contribution < 1.29 is 62.7 Å². The van der Waals surface area contributed by atoms with Gasteiger partial charge in [-0.15, -0.1) is 0 Å². The zero-order valence-corrected chi connectivity index (χ0v) is 40.3. The number of aliphatic hydroxyl groups is 3. The Labute approximate surface area is 387 Å². The van der Waals surface area contributed by atoms with Crippen LogP contribution in [-0.2, 0) is 37.8 Å². The molecule has 0 radical (unpaired) electrons. The number of hydrogen-bond acceptors (Lipinski definition) is 13. The molecule has 11 atom stereocenters. The van der Waals surface area contributed by atoms with E-state index in [9.17, 15) is 29.7 Å². The Balaban J connectivity index is 1.40. The second kappa shape index (κ2) is 17.6. The van der Waals surface area contributed by atoms with Gasteiger partial charge >= 0.3 is 17.9 Å². The molecule has 2 unspecified atom stereocenters. The van der Waals surface area contributed by atoms with Crippen molar-refractivity contribution in [3.63, 3.8) is 0 Å². The second-order valence-electron chi connectivity index (χ2n) is 20.6. The van der Waals surface area contributed by atoms with E-state index in [0.29, 0.717) is 11.1 Å². The molecule has 15 heteroatoms. The molecule has 14 nitrogen and oxygen atoms in total. The predicted molar refractivity (Wildman–Crippen MR) is 244 cm³/mol. The Bertz CT molecular complexity index is 2380. The topological polar surface area (TPSA) is 204 Å². The van der Waals surface area contributed by atoms with Crippen LogP contribution in [0.4, 0.5) is 0 Å². The molecule has 3 aliphatic carbocycles. The first-order valence-electron chi connectivity index (χ1n) is 22.5. The lowest BCUT2D eigenvalue weighted by Gasteiger charge is -2.67. The Morgan fingerprint density at radius 2 is 1.42 bits per heavy atom. The van der Waals surface area contributed by atoms with Crippen LogP contribution in [0, 0.1) is 16.7 Å². The van der Waals surface area contributed by atoms with Crippen molar-refractivity contribution in [3.05, 3.63) is 119 Å². The van der Waals surface area contributed by atoms with Gasteiger partial charge in [0.2, 0.25) is 0 Å². The van der Waals surface area contributed by atoms with Gasteiger partial charge in [-0.3, -0.25) is 14.4 Å². The first kappa shape index (κ1) is 48.9. The molecule has 1 amide bonds. The van der Waals surface area contributed by atoms with Crippen LogP contribution in [0.5, 0.6) is 0 Å². The number of fused-ring (bicyclic) bond motifs is 5. The molecule has 1 saturated heterocycles. The van der Waals surface area contributed by atoms with Crippen LogP contribution in [0.3, 0.4) is 0 Å². The summed E-state index contributed by atoms with van der Waals surface area (Å²) < 4.78 is 32.0. The summed E-state index contributed by atoms with van der Waals surface area (Å²) in [5.41, 5.74) is -6.43. The van der Waals surface area contributed by atoms with Crippen molar-refractivity contribution in [1.29, 1.82) is 0 Å². The van der Waals surface area contributed by atoms with Crippen LogP contribution in [-0.4, -0.2) is 108 Å². The van der Waals surface area contributed by atoms with E-state index in [1.54, 1.807) is 99.6 Å². The van der Waals surface area contributed by atoms with Gasteiger partial charge < -0.3 is 44.0 Å². The van der Waals surface area contributed by atoms with Gasteiger partial charge in [-0.1, -0.05) is 101 Å². The molecular formula is C51H63NO13Si. The summed E-state index contributed by atoms with van der Waals surface area (Å²) in [5.74, 6) is -5.40. The number of amides is 1. The zero-order chi connectivity index (χ0) is 48.4. The fourth-order valence-electron chi connectivity index (χ4n) is 10.5. The summed E-state index contributed by atoms with van der Waals surface area (Å²) in [6, 6.07) is 24.3. The predicted octanol–water partition coefficient (Wildman–Crippen LogP) is 6.19. The molecule has 3 aromatic carbocycles. The number of esters is 3. The summed E-state index contributed by atoms with van der Waals surface area (Å²) in [6.07, 6.45) is -9.76. The third kappa shape index (κ3) is 8.15. The number of carbonyl (C=O) groups excluding carboxylic acids is 5. The largest absolute Gasteiger partial charge is 0.456 e. The molecule has 354 valence electrons. The molecule has 66 heavy (non-hydrogen) atoms. The molecule has 4 N–H and O–H groups in total. The monoisotopic (exact) mass is 925 g/mol. The summed E-state index contributed by atoms with van der Waals surface area (Å²) in [6.45, 7) is 17.1. The zero-order valence-electron chi connectivity index (χ0n) is 39.3. The Hall–Kier alpha value is -5.03. The maximum absolute atomic E-state index is 15.3. The lowest BCUT2D eigenvalue weighted by atomic mass is 9.44. The number of aliphatic hydroxyl groups excluding tert-OH is 2. The van der Waals surface area contributed by atoms with Crippen molar-refractivity contribution in [2.24, 2.45) is 16.7 Å². The molecule has 2 bridgehead atoms. The lowest BCUT2D eigenvalue weighted by molar-refractivity contribution is -0.346. The lowest BCUT2D eigenvalue weighted by Crippen LogP contribution is -2.81. The van der Waals surface area contributed by atoms with Gasteiger partial charge in [-0.25, -0.2) is 9.59 Å². The highest BCUT2D eigenvalue weighted by Crippen LogP contribution is 2.64. The number of carbonyl (C=O) groups is 5. The van der Waals surface area contributed by atoms with E-state index in [1.165, 1.54) is 26.0 Å². The van der Waals surface area contributed by atoms with Crippen LogP contribution >= 0.6 is 0 Å². The maximum atomic E-state index is 15.3. The minimum Gasteiger partial charge on any atom is -0.456 e. The first-order valence-corrected chi connectivity index (χ1v) is 25.4. The summed E-state index contributed by atoms with van der Waals surface area (Å²) in [7, 11) is -2.89. The van der Waals surface area contributed by atoms with Gasteiger partial charge in [-0.2, -0.15) is 0 Å². The SMILES string of the molecule is CC(=O)O[C@@]12COC1C[C@H](O)[C@@]1(C)C(=O)[C@H](O)C3=C(C)C(OC(=O)[C@H](O[Si](C)(C)C(C)(C)C)[C@@H](NC(=O)c4ccccc4)c4ccccc4)C[C@@](O)([C@@H](OC(=O)c4ccccc4)[C@@H]12)C3(C)C. The maximum Gasteiger partial charge on any atom is 0.338 e. The minimum absolute atomic E-state index is 0.000871. The number of rotatable bonds is 11. The van der Waals surface area contributed by atoms with Crippen LogP contribution < -0.4 is 5.32 Å². The number of benzene rings is 3. The van der Waals surface area contributed by atoms with Crippen LogP contribution in [0.25, 0.3) is 0 Å². The Morgan fingerprint density at radius 3 is 1.95 bits per heavy atom. The average Bonchev–Trinajstić information content (AvgIpc) is 3.26. The molecule has 3 fully saturated rings. The van der Waals surface area contributed by atoms with Crippen LogP contribution in [0.2, 0.25) is 18.1 Å². The molecule has 0 aromatic heterocycles. The van der Waals surface area contributed by atoms with Gasteiger partial charge in [0, 0.05) is 30.7 Å². The van der Waals surface area contributed by atoms with Crippen molar-refractivity contribution in [3.8, 4) is 0 Å². The third-order valence-electron chi connectivity index (χ3n) is 15.4. The number of hydrogen-bond donors (Lipinski definition) is 4. The van der Waals surface area contributed by atoms with E-state index < -0.39 is 120 Å². The van der Waals surface area contributed by atoms with Crippen molar-refractivity contribution in [2.75, 3.05) is 6.61 Å². The highest BCUT2D eigenvalue weighted by molar-refractivity contribution is 6.74. The molecule has 2 saturated carbocycles. The number of nitrogens with one attached hydrogen (secondary N) is 1. The van der Waals surface area contributed by atoms with Crippen molar-refractivity contribution in [2.45, 2.75) is 140 Å². The molecule has 3 aromatic rings. The fraction of sp³-hybridized carbons (Fsp3) is 0.510. The van der Waals surface area contributed by atoms with Crippen molar-refractivity contribution >= 4 is 37.9 Å². The molecular weight excluding hydrogens is 863 g/mol. The van der Waals surface area contributed by atoms with Gasteiger partial charge in [-0.05, 0) is 73.0 Å². The van der Waals surface area contributed by atoms with Gasteiger partial charge in [0.1, 0.15) is 30.0 Å². The van der Waals surface area contributed by atoms with Gasteiger partial charge in [0.15, 0.2) is 25.8 Å². The highest BCUT2D eigenvalue weighted by atomic mass is 28.4. The third-order valence-corrected chi connectivity index (χ3v) is 19.9. The second-order valence-corrected chi connectivity index (χ2v) is 25.4. The van der Waals surface area contributed by atoms with E-state index >= 15 is 9.59 Å². The summed E-state index contributed by atoms with van der Waals surface area (Å²) >= 11 is 0. The van der Waals surface area contributed by atoms with E-state index in [2.05, 4.69) is 5.32 Å². The first-order chi connectivity index (χ1) is 30.8. The summed E-state index contributed by atoms with van der Waals surface area (Å²) in [4.78, 5) is 72.0. The van der Waals surface area contributed by atoms with E-state index in [4.69, 9.17) is 23.4 Å². The van der Waals surface area contributed by atoms with E-state index in [1.807, 2.05) is 33.9 Å². The molecule has 4 aliphatic rings. The summed E-state index contributed by atoms with van der Waals surface area (Å²) in [5, 5.41) is 40.9. The average molecular weight is 926 g/mol. The molecule has 7 rings (SSSR count). The Morgan fingerprint density at radius 1 is 0.864 bits per heavy atom. The van der Waals surface area contributed by atoms with Crippen LogP contribution in [0.1, 0.15) is 101 Å². The highest BCUT2D eigenvalue weighted by Gasteiger charge is 2.78. The molecule has 1 heterocycles. The normalized spacial score (nSPS) is 31.3. The standard InChI is InChI=1S/C51H63NO13Si/c1-29-34(62-46(59)40(65-66(9,10)47(3,4)5)38(31-20-14-11-15-21-31)52-44(57)32-22-16-12-17-23-32)27-51(60)43(63-45(58)33-24-18-13-19-25-33)41-49(8,42(56)39(55)37(29)48(51,6)7)35(54)26-36-50(41,28-61-36)64-30(2)53/h11-25,34-36,38-41,43,54-55,60H,26-28H2,1-10H3,(H,52,57)/t34?,35-,36?,38-,39+,40+,41-,43-,49+,50-,51+/m0/s1. The van der Waals surface area contributed by atoms with Crippen LogP contribution in [0.15, 0.2) is 102 Å². The Kier molecular flexibility index (Phi) is 13.0. The number of Topliss-reactive ketones (excluding diaryl/α,β-unsaturated/α-hetero) is 1. The molecule has 1 aliphatic heterocycles. The smallest absolute Gasteiger partial charge is 0.338 e.